The molecule has 4 rings (SSSR count). The van der Waals surface area contributed by atoms with Gasteiger partial charge < -0.3 is 33.5 Å². The summed E-state index contributed by atoms with van der Waals surface area (Å²) in [6.45, 7) is 0.0585. The minimum absolute atomic E-state index is 0.0585. The number of benzene rings is 2. The molecule has 168 valence electrons. The first-order valence-corrected chi connectivity index (χ1v) is 9.69. The molecule has 2 aliphatic rings. The maximum absolute atomic E-state index is 12.9. The first-order valence-electron chi connectivity index (χ1n) is 9.69. The molecule has 0 unspecified atom stereocenters. The van der Waals surface area contributed by atoms with Crippen LogP contribution in [0.15, 0.2) is 29.8 Å². The lowest BCUT2D eigenvalue weighted by molar-refractivity contribution is -0.147. The molecule has 9 nitrogen and oxygen atoms in total. The van der Waals surface area contributed by atoms with Crippen LogP contribution < -0.4 is 23.7 Å². The van der Waals surface area contributed by atoms with Gasteiger partial charge in [0.25, 0.3) is 0 Å². The minimum Gasteiger partial charge on any atom is -0.493 e. The Morgan fingerprint density at radius 2 is 1.56 bits per heavy atom. The molecule has 2 aromatic carbocycles. The van der Waals surface area contributed by atoms with Crippen LogP contribution in [0.5, 0.6) is 28.7 Å². The number of methoxy groups -OCH3 is 4. The van der Waals surface area contributed by atoms with Gasteiger partial charge in [0.2, 0.25) is 12.5 Å². The molecule has 1 aliphatic carbocycles. The van der Waals surface area contributed by atoms with E-state index in [-0.39, 0.29) is 12.4 Å². The lowest BCUT2D eigenvalue weighted by Gasteiger charge is -2.32. The van der Waals surface area contributed by atoms with Crippen molar-refractivity contribution in [3.8, 4) is 28.7 Å². The van der Waals surface area contributed by atoms with Crippen molar-refractivity contribution in [3.63, 3.8) is 0 Å². The molecule has 0 saturated carbocycles. The van der Waals surface area contributed by atoms with E-state index in [1.54, 1.807) is 24.3 Å². The average molecular weight is 442 g/mol. The molecule has 0 aromatic heterocycles. The molecular weight excluding hydrogens is 420 g/mol. The molecule has 0 saturated heterocycles. The van der Waals surface area contributed by atoms with Crippen LogP contribution in [-0.2, 0) is 14.3 Å². The van der Waals surface area contributed by atoms with E-state index in [1.165, 1.54) is 34.5 Å². The van der Waals surface area contributed by atoms with Gasteiger partial charge >= 0.3 is 11.9 Å². The van der Waals surface area contributed by atoms with Gasteiger partial charge in [-0.25, -0.2) is 4.79 Å². The number of fused-ring (bicyclic) bond motifs is 2. The number of aliphatic carboxylic acids is 1. The van der Waals surface area contributed by atoms with Crippen LogP contribution in [0.25, 0.3) is 6.08 Å². The third-order valence-corrected chi connectivity index (χ3v) is 5.64. The van der Waals surface area contributed by atoms with Crippen LogP contribution in [0.2, 0.25) is 0 Å². The zero-order valence-electron chi connectivity index (χ0n) is 18.0. The zero-order valence-corrected chi connectivity index (χ0v) is 18.0. The molecule has 32 heavy (non-hydrogen) atoms. The smallest absolute Gasteiger partial charge is 0.332 e. The van der Waals surface area contributed by atoms with Crippen molar-refractivity contribution < 1.29 is 43.1 Å². The lowest BCUT2D eigenvalue weighted by Crippen LogP contribution is -2.32. The van der Waals surface area contributed by atoms with Crippen LogP contribution >= 0.6 is 0 Å². The van der Waals surface area contributed by atoms with Gasteiger partial charge in [0, 0.05) is 5.92 Å². The topological polar surface area (TPSA) is 110 Å². The van der Waals surface area contributed by atoms with E-state index in [2.05, 4.69) is 0 Å². The van der Waals surface area contributed by atoms with Gasteiger partial charge in [-0.05, 0) is 47.0 Å². The Balaban J connectivity index is 2.01. The molecule has 2 atom stereocenters. The maximum atomic E-state index is 12.9. The number of hydrogen-bond acceptors (Lipinski definition) is 8. The second-order valence-corrected chi connectivity index (χ2v) is 7.18. The summed E-state index contributed by atoms with van der Waals surface area (Å²) in [5.74, 6) is -1.60. The molecule has 0 radical (unpaired) electrons. The van der Waals surface area contributed by atoms with Crippen molar-refractivity contribution in [1.29, 1.82) is 0 Å². The number of carbonyl (C=O) groups excluding carboxylic acids is 1. The summed E-state index contributed by atoms with van der Waals surface area (Å²) in [6, 6.07) is 6.86. The van der Waals surface area contributed by atoms with Crippen molar-refractivity contribution in [2.45, 2.75) is 5.92 Å². The minimum atomic E-state index is -1.22. The van der Waals surface area contributed by atoms with E-state index in [1.807, 2.05) is 0 Å². The second kappa shape index (κ2) is 8.33. The Bertz CT molecular complexity index is 1090. The van der Waals surface area contributed by atoms with E-state index in [0.717, 1.165) is 0 Å². The van der Waals surface area contributed by atoms with E-state index in [4.69, 9.17) is 28.4 Å². The van der Waals surface area contributed by atoms with Crippen LogP contribution in [0, 0.1) is 5.92 Å². The number of esters is 1. The fraction of sp³-hybridized carbons (Fsp3) is 0.304. The van der Waals surface area contributed by atoms with Crippen molar-refractivity contribution in [3.05, 3.63) is 46.5 Å². The van der Waals surface area contributed by atoms with Gasteiger partial charge in [-0.2, -0.15) is 0 Å². The van der Waals surface area contributed by atoms with E-state index < -0.39 is 23.8 Å². The first kappa shape index (κ1) is 21.4. The summed E-state index contributed by atoms with van der Waals surface area (Å²) in [7, 11) is 5.67. The Morgan fingerprint density at radius 1 is 0.938 bits per heavy atom. The lowest BCUT2D eigenvalue weighted by atomic mass is 9.71. The van der Waals surface area contributed by atoms with Gasteiger partial charge in [0.15, 0.2) is 23.0 Å². The van der Waals surface area contributed by atoms with Crippen LogP contribution in [0.4, 0.5) is 0 Å². The quantitative estimate of drug-likeness (QED) is 0.675. The van der Waals surface area contributed by atoms with Crippen LogP contribution in [0.1, 0.15) is 22.6 Å². The number of carboxylic acid groups (broad SMARTS) is 1. The number of rotatable bonds is 6. The molecule has 1 aliphatic heterocycles. The molecule has 9 heteroatoms. The molecule has 0 bridgehead atoms. The van der Waals surface area contributed by atoms with Crippen LogP contribution in [0.3, 0.4) is 0 Å². The highest BCUT2D eigenvalue weighted by Gasteiger charge is 2.43. The molecule has 2 aromatic rings. The van der Waals surface area contributed by atoms with Gasteiger partial charge in [-0.1, -0.05) is 0 Å². The summed E-state index contributed by atoms with van der Waals surface area (Å²) < 4.78 is 32.3. The standard InChI is InChI=1S/C23H22O9/c1-27-17-7-12(8-18(28-2)21(17)29-3)19-13-9-16-15(31-10-32-16)6-11(13)5-14(22(24)25)20(19)23(26)30-4/h5-9,19-20H,10H2,1-4H3,(H,24,25)/t19-,20-/m1/s1. The highest BCUT2D eigenvalue weighted by molar-refractivity contribution is 6.01. The predicted molar refractivity (Wildman–Crippen MR) is 112 cm³/mol. The average Bonchev–Trinajstić information content (AvgIpc) is 3.27. The van der Waals surface area contributed by atoms with E-state index in [9.17, 15) is 14.7 Å². The fourth-order valence-corrected chi connectivity index (χ4v) is 4.22. The molecule has 0 amide bonds. The summed E-state index contributed by atoms with van der Waals surface area (Å²) >= 11 is 0. The van der Waals surface area contributed by atoms with Gasteiger partial charge in [-0.3, -0.25) is 4.79 Å². The number of ether oxygens (including phenoxy) is 6. The third-order valence-electron chi connectivity index (χ3n) is 5.64. The van der Waals surface area contributed by atoms with Gasteiger partial charge in [0.1, 0.15) is 0 Å². The Morgan fingerprint density at radius 3 is 2.09 bits per heavy atom. The highest BCUT2D eigenvalue weighted by Crippen LogP contribution is 2.50. The Kier molecular flexibility index (Phi) is 5.56. The monoisotopic (exact) mass is 442 g/mol. The summed E-state index contributed by atoms with van der Waals surface area (Å²) in [5, 5.41) is 9.92. The fourth-order valence-electron chi connectivity index (χ4n) is 4.22. The van der Waals surface area contributed by atoms with Crippen molar-refractivity contribution in [1.82, 2.24) is 0 Å². The number of carboxylic acids is 1. The van der Waals surface area contributed by atoms with Crippen molar-refractivity contribution in [2.24, 2.45) is 5.92 Å². The Labute approximate surface area is 184 Å². The molecule has 0 spiro atoms. The highest BCUT2D eigenvalue weighted by atomic mass is 16.7. The molecule has 1 heterocycles. The molecular formula is C23H22O9. The van der Waals surface area contributed by atoms with Crippen molar-refractivity contribution >= 4 is 18.0 Å². The predicted octanol–water partition coefficient (Wildman–Crippen LogP) is 2.84. The largest absolute Gasteiger partial charge is 0.493 e. The van der Waals surface area contributed by atoms with E-state index in [0.29, 0.717) is 45.4 Å². The second-order valence-electron chi connectivity index (χ2n) is 7.18. The SMILES string of the molecule is COC(=O)[C@@H]1C(C(=O)O)=Cc2cc3c(cc2[C@H]1c1cc(OC)c(OC)c(OC)c1)OCO3. The van der Waals surface area contributed by atoms with Crippen LogP contribution in [-0.4, -0.2) is 52.3 Å². The first-order chi connectivity index (χ1) is 15.4. The van der Waals surface area contributed by atoms with Gasteiger partial charge in [-0.15, -0.1) is 0 Å². The summed E-state index contributed by atoms with van der Waals surface area (Å²) in [4.78, 5) is 25.0. The Hall–Kier alpha value is -3.88. The number of carbonyl (C=O) groups is 2. The normalized spacial score (nSPS) is 18.3. The third kappa shape index (κ3) is 3.35. The molecule has 0 fully saturated rings. The van der Waals surface area contributed by atoms with Gasteiger partial charge in [0.05, 0.1) is 39.9 Å². The maximum Gasteiger partial charge on any atom is 0.332 e. The van der Waals surface area contributed by atoms with Crippen molar-refractivity contribution in [2.75, 3.05) is 35.2 Å². The zero-order chi connectivity index (χ0) is 23.0. The number of hydrogen-bond donors (Lipinski definition) is 1. The summed E-state index contributed by atoms with van der Waals surface area (Å²) in [5.41, 5.74) is 1.78. The van der Waals surface area contributed by atoms with E-state index >= 15 is 0 Å². The molecule has 1 N–H and O–H groups in total. The summed E-state index contributed by atoms with van der Waals surface area (Å²) in [6.07, 6.45) is 1.47.